The Morgan fingerprint density at radius 1 is 1.71 bits per heavy atom. The first-order valence-electron chi connectivity index (χ1n) is 4.56. The molecule has 0 aromatic carbocycles. The minimum Gasteiger partial charge on any atom is -0.394 e. The number of nitrogens with zero attached hydrogens (tertiary/aromatic N) is 1. The van der Waals surface area contributed by atoms with E-state index in [1.165, 1.54) is 0 Å². The van der Waals surface area contributed by atoms with Crippen LogP contribution >= 0.6 is 23.1 Å². The van der Waals surface area contributed by atoms with Gasteiger partial charge in [-0.25, -0.2) is 4.98 Å². The molecule has 0 bridgehead atoms. The first-order chi connectivity index (χ1) is 6.64. The van der Waals surface area contributed by atoms with Gasteiger partial charge in [0.2, 0.25) is 0 Å². The van der Waals surface area contributed by atoms with Gasteiger partial charge in [0.05, 0.1) is 6.61 Å². The Kier molecular flexibility index (Phi) is 4.88. The summed E-state index contributed by atoms with van der Waals surface area (Å²) < 4.78 is 1.10. The van der Waals surface area contributed by atoms with Gasteiger partial charge in [-0.1, -0.05) is 11.8 Å². The predicted molar refractivity (Wildman–Crippen MR) is 61.8 cm³/mol. The number of aromatic nitrogens is 1. The molecule has 14 heavy (non-hydrogen) atoms. The molecule has 3 N–H and O–H groups in total. The molecule has 0 aliphatic carbocycles. The van der Waals surface area contributed by atoms with Gasteiger partial charge < -0.3 is 10.8 Å². The Balaban J connectivity index is 2.11. The van der Waals surface area contributed by atoms with Crippen LogP contribution in [-0.2, 0) is 0 Å². The van der Waals surface area contributed by atoms with Crippen LogP contribution in [0.3, 0.4) is 0 Å². The van der Waals surface area contributed by atoms with Gasteiger partial charge in [0.1, 0.15) is 4.34 Å². The zero-order chi connectivity index (χ0) is 10.4. The first-order valence-corrected chi connectivity index (χ1v) is 6.43. The summed E-state index contributed by atoms with van der Waals surface area (Å²) in [6.45, 7) is 1.93. The maximum Gasteiger partial charge on any atom is 0.149 e. The van der Waals surface area contributed by atoms with Gasteiger partial charge in [0, 0.05) is 22.9 Å². The lowest BCUT2D eigenvalue weighted by molar-refractivity contribution is 0.200. The predicted octanol–water partition coefficient (Wildman–Crippen LogP) is 1.73. The molecule has 1 heterocycles. The number of hydrogen-bond acceptors (Lipinski definition) is 5. The highest BCUT2D eigenvalue weighted by atomic mass is 32.2. The molecule has 1 rings (SSSR count). The second kappa shape index (κ2) is 5.70. The van der Waals surface area contributed by atoms with Crippen molar-refractivity contribution in [1.82, 2.24) is 4.98 Å². The quantitative estimate of drug-likeness (QED) is 0.579. The van der Waals surface area contributed by atoms with Crippen LogP contribution in [0, 0.1) is 0 Å². The summed E-state index contributed by atoms with van der Waals surface area (Å²) in [5.41, 5.74) is 5.38. The molecule has 0 radical (unpaired) electrons. The van der Waals surface area contributed by atoms with Gasteiger partial charge in [-0.3, -0.25) is 0 Å². The lowest BCUT2D eigenvalue weighted by Gasteiger charge is -2.20. The lowest BCUT2D eigenvalue weighted by atomic mass is 9.99. The van der Waals surface area contributed by atoms with Crippen LogP contribution < -0.4 is 5.73 Å². The summed E-state index contributed by atoms with van der Waals surface area (Å²) in [6.07, 6.45) is 3.67. The largest absolute Gasteiger partial charge is 0.394 e. The number of thiazole rings is 1. The van der Waals surface area contributed by atoms with E-state index in [2.05, 4.69) is 4.98 Å². The van der Waals surface area contributed by atoms with Crippen LogP contribution in [0.2, 0.25) is 0 Å². The molecule has 1 aromatic heterocycles. The Hall–Kier alpha value is -0.100. The second-order valence-corrected chi connectivity index (χ2v) is 5.80. The van der Waals surface area contributed by atoms with E-state index in [0.717, 1.165) is 22.9 Å². The number of hydrogen-bond donors (Lipinski definition) is 2. The lowest BCUT2D eigenvalue weighted by Crippen LogP contribution is -2.40. The van der Waals surface area contributed by atoms with Gasteiger partial charge in [-0.2, -0.15) is 0 Å². The topological polar surface area (TPSA) is 59.1 Å². The molecule has 0 aliphatic rings. The van der Waals surface area contributed by atoms with E-state index >= 15 is 0 Å². The normalized spacial score (nSPS) is 15.4. The van der Waals surface area contributed by atoms with Crippen molar-refractivity contribution in [1.29, 1.82) is 0 Å². The number of aliphatic hydroxyl groups is 1. The molecule has 0 spiro atoms. The van der Waals surface area contributed by atoms with Crippen LogP contribution in [0.1, 0.15) is 19.8 Å². The SMILES string of the molecule is CC(N)(CO)CCCSc1nccs1. The monoisotopic (exact) mass is 232 g/mol. The van der Waals surface area contributed by atoms with Gasteiger partial charge in [0.25, 0.3) is 0 Å². The van der Waals surface area contributed by atoms with Gasteiger partial charge in [-0.15, -0.1) is 11.3 Å². The summed E-state index contributed by atoms with van der Waals surface area (Å²) in [4.78, 5) is 4.17. The highest BCUT2D eigenvalue weighted by molar-refractivity contribution is 8.00. The van der Waals surface area contributed by atoms with Crippen molar-refractivity contribution in [3.05, 3.63) is 11.6 Å². The van der Waals surface area contributed by atoms with Crippen molar-refractivity contribution in [2.45, 2.75) is 29.6 Å². The van der Waals surface area contributed by atoms with Crippen molar-refractivity contribution in [3.63, 3.8) is 0 Å². The molecule has 1 atom stereocenters. The van der Waals surface area contributed by atoms with Crippen LogP contribution in [-0.4, -0.2) is 28.0 Å². The fourth-order valence-corrected chi connectivity index (χ4v) is 2.64. The second-order valence-electron chi connectivity index (χ2n) is 3.56. The zero-order valence-corrected chi connectivity index (χ0v) is 9.90. The van der Waals surface area contributed by atoms with E-state index in [4.69, 9.17) is 10.8 Å². The van der Waals surface area contributed by atoms with E-state index in [1.807, 2.05) is 18.5 Å². The molecule has 1 aromatic rings. The van der Waals surface area contributed by atoms with Crippen molar-refractivity contribution in [2.75, 3.05) is 12.4 Å². The molecule has 80 valence electrons. The maximum atomic E-state index is 8.94. The summed E-state index contributed by atoms with van der Waals surface area (Å²) in [7, 11) is 0. The van der Waals surface area contributed by atoms with Crippen LogP contribution in [0.15, 0.2) is 15.9 Å². The molecule has 0 fully saturated rings. The van der Waals surface area contributed by atoms with Crippen LogP contribution in [0.4, 0.5) is 0 Å². The molecule has 0 saturated heterocycles. The molecule has 0 amide bonds. The third kappa shape index (κ3) is 4.41. The van der Waals surface area contributed by atoms with Crippen molar-refractivity contribution in [3.8, 4) is 0 Å². The molecule has 0 aliphatic heterocycles. The van der Waals surface area contributed by atoms with E-state index in [-0.39, 0.29) is 6.61 Å². The van der Waals surface area contributed by atoms with Crippen molar-refractivity contribution in [2.24, 2.45) is 5.73 Å². The summed E-state index contributed by atoms with van der Waals surface area (Å²) in [5.74, 6) is 1.01. The minimum atomic E-state index is -0.427. The molecule has 5 heteroatoms. The fraction of sp³-hybridized carbons (Fsp3) is 0.667. The van der Waals surface area contributed by atoms with Crippen LogP contribution in [0.5, 0.6) is 0 Å². The average Bonchev–Trinajstić information content (AvgIpc) is 2.65. The maximum absolute atomic E-state index is 8.94. The highest BCUT2D eigenvalue weighted by Gasteiger charge is 2.15. The van der Waals surface area contributed by atoms with Gasteiger partial charge in [-0.05, 0) is 19.8 Å². The van der Waals surface area contributed by atoms with Crippen molar-refractivity contribution >= 4 is 23.1 Å². The molecule has 3 nitrogen and oxygen atoms in total. The standard InChI is InChI=1S/C9H16N2OS2/c1-9(10,7-12)3-2-5-13-8-11-4-6-14-8/h4,6,12H,2-3,5,7,10H2,1H3. The number of aliphatic hydroxyl groups excluding tert-OH is 1. The van der Waals surface area contributed by atoms with E-state index in [9.17, 15) is 0 Å². The Labute approximate surface area is 92.7 Å². The summed E-state index contributed by atoms with van der Waals surface area (Å²) in [6, 6.07) is 0. The minimum absolute atomic E-state index is 0.0505. The third-order valence-electron chi connectivity index (χ3n) is 1.89. The fourth-order valence-electron chi connectivity index (χ4n) is 0.996. The average molecular weight is 232 g/mol. The summed E-state index contributed by atoms with van der Waals surface area (Å²) >= 11 is 3.41. The smallest absolute Gasteiger partial charge is 0.149 e. The number of nitrogens with two attached hydrogens (primary N) is 1. The van der Waals surface area contributed by atoms with Crippen molar-refractivity contribution < 1.29 is 5.11 Å². The van der Waals surface area contributed by atoms with Gasteiger partial charge in [0.15, 0.2) is 0 Å². The number of thioether (sulfide) groups is 1. The summed E-state index contributed by atoms with van der Waals surface area (Å²) in [5, 5.41) is 10.9. The number of rotatable bonds is 6. The first kappa shape index (κ1) is 12.0. The highest BCUT2D eigenvalue weighted by Crippen LogP contribution is 2.22. The zero-order valence-electron chi connectivity index (χ0n) is 8.27. The molecule has 0 saturated carbocycles. The van der Waals surface area contributed by atoms with E-state index in [1.54, 1.807) is 23.1 Å². The molecular weight excluding hydrogens is 216 g/mol. The van der Waals surface area contributed by atoms with E-state index < -0.39 is 5.54 Å². The molecule has 1 unspecified atom stereocenters. The Morgan fingerprint density at radius 2 is 2.50 bits per heavy atom. The third-order valence-corrected chi connectivity index (χ3v) is 3.94. The van der Waals surface area contributed by atoms with E-state index in [0.29, 0.717) is 0 Å². The molecular formula is C9H16N2OS2. The van der Waals surface area contributed by atoms with Crippen LogP contribution in [0.25, 0.3) is 0 Å². The Bertz CT molecular complexity index is 249. The van der Waals surface area contributed by atoms with Gasteiger partial charge >= 0.3 is 0 Å². The Morgan fingerprint density at radius 3 is 3.07 bits per heavy atom.